The topological polar surface area (TPSA) is 88.2 Å². The van der Waals surface area contributed by atoms with Crippen LogP contribution < -0.4 is 10.0 Å². The minimum atomic E-state index is -3.91. The summed E-state index contributed by atoms with van der Waals surface area (Å²) < 4.78 is 29.2. The lowest BCUT2D eigenvalue weighted by atomic mass is 10.1. The van der Waals surface area contributed by atoms with Crippen LogP contribution in [0.1, 0.15) is 27.8 Å². The summed E-state index contributed by atoms with van der Waals surface area (Å²) in [5, 5.41) is 2.83. The molecule has 0 aliphatic carbocycles. The Hall–Kier alpha value is -3.03. The van der Waals surface area contributed by atoms with Gasteiger partial charge in [0.15, 0.2) is 0 Å². The van der Waals surface area contributed by atoms with Gasteiger partial charge in [0.05, 0.1) is 4.90 Å². The van der Waals surface area contributed by atoms with Crippen LogP contribution in [-0.4, -0.2) is 25.4 Å². The first-order valence-corrected chi connectivity index (χ1v) is 11.6. The number of carbonyl (C=O) groups excluding carboxylic acids is 1. The molecule has 0 saturated carbocycles. The second kappa shape index (κ2) is 9.85. The van der Waals surface area contributed by atoms with Crippen molar-refractivity contribution >= 4 is 15.9 Å². The van der Waals surface area contributed by atoms with E-state index in [-0.39, 0.29) is 17.9 Å². The van der Waals surface area contributed by atoms with Crippen molar-refractivity contribution in [3.63, 3.8) is 0 Å². The van der Waals surface area contributed by atoms with E-state index >= 15 is 0 Å². The van der Waals surface area contributed by atoms with Gasteiger partial charge in [0, 0.05) is 18.9 Å². The molecule has 0 aliphatic heterocycles. The van der Waals surface area contributed by atoms with Gasteiger partial charge in [-0.25, -0.2) is 8.42 Å². The van der Waals surface area contributed by atoms with Gasteiger partial charge < -0.3 is 5.32 Å². The third kappa shape index (κ3) is 5.99. The van der Waals surface area contributed by atoms with Crippen LogP contribution in [0.2, 0.25) is 0 Å². The first-order chi connectivity index (χ1) is 14.8. The van der Waals surface area contributed by atoms with Crippen molar-refractivity contribution in [2.45, 2.75) is 44.7 Å². The lowest BCUT2D eigenvalue weighted by Crippen LogP contribution is -2.48. The highest BCUT2D eigenvalue weighted by Gasteiger charge is 2.28. The Morgan fingerprint density at radius 2 is 1.61 bits per heavy atom. The van der Waals surface area contributed by atoms with Gasteiger partial charge in [-0.1, -0.05) is 54.1 Å². The number of hydrogen-bond donors (Lipinski definition) is 2. The van der Waals surface area contributed by atoms with E-state index in [0.29, 0.717) is 11.1 Å². The molecule has 6 nitrogen and oxygen atoms in total. The van der Waals surface area contributed by atoms with Crippen molar-refractivity contribution in [3.05, 3.63) is 94.8 Å². The maximum Gasteiger partial charge on any atom is 0.241 e. The number of carbonyl (C=O) groups is 1. The van der Waals surface area contributed by atoms with Crippen LogP contribution >= 0.6 is 0 Å². The molecular formula is C24H27N3O3S. The van der Waals surface area contributed by atoms with Crippen molar-refractivity contribution in [1.29, 1.82) is 0 Å². The number of benzene rings is 2. The second-order valence-electron chi connectivity index (χ2n) is 7.67. The fraction of sp³-hybridized carbons (Fsp3) is 0.250. The fourth-order valence-corrected chi connectivity index (χ4v) is 5.34. The maximum absolute atomic E-state index is 13.3. The van der Waals surface area contributed by atoms with Gasteiger partial charge in [-0.15, -0.1) is 0 Å². The Morgan fingerprint density at radius 1 is 0.968 bits per heavy atom. The summed E-state index contributed by atoms with van der Waals surface area (Å²) in [6.45, 7) is 5.72. The summed E-state index contributed by atoms with van der Waals surface area (Å²) in [6, 6.07) is 15.7. The van der Waals surface area contributed by atoms with E-state index < -0.39 is 22.0 Å². The third-order valence-electron chi connectivity index (χ3n) is 4.96. The number of aryl methyl sites for hydroxylation is 3. The number of nitrogens with zero attached hydrogens (tertiary/aromatic N) is 1. The van der Waals surface area contributed by atoms with Gasteiger partial charge in [-0.05, 0) is 55.5 Å². The molecule has 1 atom stereocenters. The highest BCUT2D eigenvalue weighted by molar-refractivity contribution is 7.89. The van der Waals surface area contributed by atoms with Crippen LogP contribution in [-0.2, 0) is 27.8 Å². The molecule has 31 heavy (non-hydrogen) atoms. The summed E-state index contributed by atoms with van der Waals surface area (Å²) in [5.41, 5.74) is 3.99. The lowest BCUT2D eigenvalue weighted by molar-refractivity contribution is -0.122. The van der Waals surface area contributed by atoms with Crippen LogP contribution in [0.3, 0.4) is 0 Å². The lowest BCUT2D eigenvalue weighted by Gasteiger charge is -2.20. The molecule has 0 saturated heterocycles. The molecule has 0 spiro atoms. The predicted octanol–water partition coefficient (Wildman–Crippen LogP) is 3.21. The van der Waals surface area contributed by atoms with E-state index in [0.717, 1.165) is 16.7 Å². The quantitative estimate of drug-likeness (QED) is 0.566. The molecule has 1 aromatic heterocycles. The van der Waals surface area contributed by atoms with Crippen molar-refractivity contribution in [3.8, 4) is 0 Å². The molecule has 1 amide bonds. The molecule has 162 valence electrons. The number of sulfonamides is 1. The molecular weight excluding hydrogens is 410 g/mol. The standard InChI is InChI=1S/C24H27N3O3S/c1-17-12-18(2)23(19(3)13-17)31(29,30)27-22(14-20-8-5-4-6-9-20)24(28)26-16-21-10-7-11-25-15-21/h4-13,15,22,27H,14,16H2,1-3H3,(H,26,28)/t22-/m1/s1. The van der Waals surface area contributed by atoms with E-state index in [2.05, 4.69) is 15.0 Å². The predicted molar refractivity (Wildman–Crippen MR) is 121 cm³/mol. The number of nitrogens with one attached hydrogen (secondary N) is 2. The molecule has 2 N–H and O–H groups in total. The molecule has 0 fully saturated rings. The number of amides is 1. The second-order valence-corrected chi connectivity index (χ2v) is 9.32. The van der Waals surface area contributed by atoms with Crippen LogP contribution in [0.15, 0.2) is 71.9 Å². The molecule has 3 rings (SSSR count). The minimum Gasteiger partial charge on any atom is -0.351 e. The normalized spacial score (nSPS) is 12.4. The Labute approximate surface area is 183 Å². The number of hydrogen-bond acceptors (Lipinski definition) is 4. The Morgan fingerprint density at radius 3 is 2.23 bits per heavy atom. The largest absolute Gasteiger partial charge is 0.351 e. The van der Waals surface area contributed by atoms with Gasteiger partial charge in [0.25, 0.3) is 0 Å². The van der Waals surface area contributed by atoms with Crippen molar-refractivity contribution in [2.24, 2.45) is 0 Å². The Balaban J connectivity index is 1.86. The van der Waals surface area contributed by atoms with E-state index in [1.54, 1.807) is 32.3 Å². The van der Waals surface area contributed by atoms with Crippen molar-refractivity contribution in [2.75, 3.05) is 0 Å². The fourth-order valence-electron chi connectivity index (χ4n) is 3.69. The summed E-state index contributed by atoms with van der Waals surface area (Å²) in [4.78, 5) is 17.3. The van der Waals surface area contributed by atoms with Gasteiger partial charge in [-0.3, -0.25) is 9.78 Å². The van der Waals surface area contributed by atoms with E-state index in [4.69, 9.17) is 0 Å². The summed E-state index contributed by atoms with van der Waals surface area (Å²) in [6.07, 6.45) is 3.56. The minimum absolute atomic E-state index is 0.219. The Kier molecular flexibility index (Phi) is 7.20. The molecule has 0 radical (unpaired) electrons. The van der Waals surface area contributed by atoms with Crippen LogP contribution in [0, 0.1) is 20.8 Å². The maximum atomic E-state index is 13.3. The van der Waals surface area contributed by atoms with Crippen LogP contribution in [0.5, 0.6) is 0 Å². The molecule has 0 bridgehead atoms. The molecule has 1 heterocycles. The molecule has 0 unspecified atom stereocenters. The average molecular weight is 438 g/mol. The van der Waals surface area contributed by atoms with Crippen molar-refractivity contribution < 1.29 is 13.2 Å². The van der Waals surface area contributed by atoms with E-state index in [1.165, 1.54) is 0 Å². The third-order valence-corrected chi connectivity index (χ3v) is 6.74. The number of pyridine rings is 1. The zero-order valence-electron chi connectivity index (χ0n) is 17.9. The molecule has 7 heteroatoms. The summed E-state index contributed by atoms with van der Waals surface area (Å²) in [7, 11) is -3.91. The summed E-state index contributed by atoms with van der Waals surface area (Å²) in [5.74, 6) is -0.390. The van der Waals surface area contributed by atoms with Crippen molar-refractivity contribution in [1.82, 2.24) is 15.0 Å². The smallest absolute Gasteiger partial charge is 0.241 e. The SMILES string of the molecule is Cc1cc(C)c(S(=O)(=O)N[C@H](Cc2ccccc2)C(=O)NCc2cccnc2)c(C)c1. The zero-order valence-corrected chi connectivity index (χ0v) is 18.7. The number of rotatable bonds is 8. The highest BCUT2D eigenvalue weighted by Crippen LogP contribution is 2.22. The first-order valence-electron chi connectivity index (χ1n) is 10.1. The van der Waals surface area contributed by atoms with E-state index in [9.17, 15) is 13.2 Å². The molecule has 0 aliphatic rings. The molecule has 2 aromatic carbocycles. The monoisotopic (exact) mass is 437 g/mol. The van der Waals surface area contributed by atoms with Gasteiger partial charge in [-0.2, -0.15) is 4.72 Å². The number of aromatic nitrogens is 1. The molecule has 3 aromatic rings. The highest BCUT2D eigenvalue weighted by atomic mass is 32.2. The summed E-state index contributed by atoms with van der Waals surface area (Å²) >= 11 is 0. The van der Waals surface area contributed by atoms with E-state index in [1.807, 2.05) is 55.5 Å². The van der Waals surface area contributed by atoms with Gasteiger partial charge in [0.2, 0.25) is 15.9 Å². The Bertz CT molecular complexity index is 1120. The van der Waals surface area contributed by atoms with Crippen LogP contribution in [0.25, 0.3) is 0 Å². The zero-order chi connectivity index (χ0) is 22.4. The van der Waals surface area contributed by atoms with Gasteiger partial charge >= 0.3 is 0 Å². The van der Waals surface area contributed by atoms with Gasteiger partial charge in [0.1, 0.15) is 6.04 Å². The first kappa shape index (κ1) is 22.7. The van der Waals surface area contributed by atoms with Crippen LogP contribution in [0.4, 0.5) is 0 Å². The average Bonchev–Trinajstić information content (AvgIpc) is 2.72.